The lowest BCUT2D eigenvalue weighted by molar-refractivity contribution is 1.14. The van der Waals surface area contributed by atoms with Gasteiger partial charge in [0.2, 0.25) is 0 Å². The summed E-state index contributed by atoms with van der Waals surface area (Å²) in [6.45, 7) is 4.20. The van der Waals surface area contributed by atoms with Crippen molar-refractivity contribution in [2.45, 2.75) is 20.3 Å². The number of halogens is 1. The summed E-state index contributed by atoms with van der Waals surface area (Å²) in [6, 6.07) is 6.00. The minimum Gasteiger partial charge on any atom is -0.256 e. The molecule has 1 nitrogen and oxygen atoms in total. The molecule has 0 aliphatic heterocycles. The second kappa shape index (κ2) is 3.58. The first-order valence-corrected chi connectivity index (χ1v) is 5.14. The molecule has 0 aliphatic carbocycles. The summed E-state index contributed by atoms with van der Waals surface area (Å²) in [4.78, 5) is 4.39. The second-order valence-corrected chi connectivity index (χ2v) is 3.82. The van der Waals surface area contributed by atoms with Gasteiger partial charge in [0.1, 0.15) is 0 Å². The first-order chi connectivity index (χ1) is 6.74. The molecule has 72 valence electrons. The third-order valence-corrected chi connectivity index (χ3v) is 2.83. The SMILES string of the molecule is CCc1ccc(Cl)c2c(C)ccnc12. The number of fused-ring (bicyclic) bond motifs is 1. The fourth-order valence-corrected chi connectivity index (χ4v) is 2.03. The lowest BCUT2D eigenvalue weighted by atomic mass is 10.0. The summed E-state index contributed by atoms with van der Waals surface area (Å²) < 4.78 is 0. The van der Waals surface area contributed by atoms with E-state index in [1.54, 1.807) is 0 Å². The van der Waals surface area contributed by atoms with Crippen molar-refractivity contribution in [2.24, 2.45) is 0 Å². The Balaban J connectivity index is 2.91. The molecule has 0 bridgehead atoms. The Morgan fingerprint density at radius 3 is 2.79 bits per heavy atom. The second-order valence-electron chi connectivity index (χ2n) is 3.41. The molecule has 0 spiro atoms. The summed E-state index contributed by atoms with van der Waals surface area (Å²) in [5, 5.41) is 1.89. The Bertz CT molecular complexity index is 469. The molecule has 0 saturated carbocycles. The fraction of sp³-hybridized carbons (Fsp3) is 0.250. The molecule has 2 heteroatoms. The fourth-order valence-electron chi connectivity index (χ4n) is 1.72. The van der Waals surface area contributed by atoms with Crippen molar-refractivity contribution in [1.29, 1.82) is 0 Å². The molecule has 0 amide bonds. The Hall–Kier alpha value is -1.08. The Labute approximate surface area is 88.7 Å². The molecular weight excluding hydrogens is 194 g/mol. The van der Waals surface area contributed by atoms with E-state index in [-0.39, 0.29) is 0 Å². The van der Waals surface area contributed by atoms with Crippen LogP contribution >= 0.6 is 11.6 Å². The van der Waals surface area contributed by atoms with E-state index in [1.807, 2.05) is 18.3 Å². The minimum atomic E-state index is 0.794. The zero-order valence-electron chi connectivity index (χ0n) is 8.34. The first kappa shape index (κ1) is 9.47. The summed E-state index contributed by atoms with van der Waals surface area (Å²) in [5.41, 5.74) is 3.49. The zero-order chi connectivity index (χ0) is 10.1. The van der Waals surface area contributed by atoms with Crippen molar-refractivity contribution in [1.82, 2.24) is 4.98 Å². The Morgan fingerprint density at radius 2 is 2.07 bits per heavy atom. The highest BCUT2D eigenvalue weighted by molar-refractivity contribution is 6.35. The number of benzene rings is 1. The number of pyridine rings is 1. The topological polar surface area (TPSA) is 12.9 Å². The van der Waals surface area contributed by atoms with Crippen molar-refractivity contribution in [3.63, 3.8) is 0 Å². The normalized spacial score (nSPS) is 10.8. The van der Waals surface area contributed by atoms with Crippen LogP contribution in [-0.2, 0) is 6.42 Å². The van der Waals surface area contributed by atoms with Crippen LogP contribution in [0.25, 0.3) is 10.9 Å². The van der Waals surface area contributed by atoms with E-state index in [1.165, 1.54) is 11.1 Å². The van der Waals surface area contributed by atoms with Gasteiger partial charge in [0, 0.05) is 11.6 Å². The molecule has 0 aliphatic rings. The van der Waals surface area contributed by atoms with Crippen LogP contribution in [0.4, 0.5) is 0 Å². The third kappa shape index (κ3) is 1.38. The van der Waals surface area contributed by atoms with Gasteiger partial charge in [-0.05, 0) is 36.6 Å². The van der Waals surface area contributed by atoms with E-state index >= 15 is 0 Å². The van der Waals surface area contributed by atoms with Crippen molar-refractivity contribution in [3.05, 3.63) is 40.5 Å². The molecular formula is C12H12ClN. The molecule has 0 fully saturated rings. The van der Waals surface area contributed by atoms with Crippen molar-refractivity contribution in [3.8, 4) is 0 Å². The molecule has 0 saturated heterocycles. The average Bonchev–Trinajstić information content (AvgIpc) is 2.18. The smallest absolute Gasteiger partial charge is 0.0751 e. The van der Waals surface area contributed by atoms with Gasteiger partial charge in [-0.3, -0.25) is 4.98 Å². The van der Waals surface area contributed by atoms with Gasteiger partial charge in [0.25, 0.3) is 0 Å². The van der Waals surface area contributed by atoms with Crippen LogP contribution in [0.15, 0.2) is 24.4 Å². The first-order valence-electron chi connectivity index (χ1n) is 4.76. The molecule has 1 heterocycles. The molecule has 1 aromatic carbocycles. The third-order valence-electron chi connectivity index (χ3n) is 2.51. The van der Waals surface area contributed by atoms with Crippen molar-refractivity contribution < 1.29 is 0 Å². The van der Waals surface area contributed by atoms with Crippen LogP contribution in [0.3, 0.4) is 0 Å². The number of hydrogen-bond acceptors (Lipinski definition) is 1. The van der Waals surface area contributed by atoms with Gasteiger partial charge in [-0.25, -0.2) is 0 Å². The molecule has 1 aromatic heterocycles. The van der Waals surface area contributed by atoms with Gasteiger partial charge in [0.15, 0.2) is 0 Å². The molecule has 0 unspecified atom stereocenters. The largest absolute Gasteiger partial charge is 0.256 e. The van der Waals surface area contributed by atoms with Crippen LogP contribution in [0.1, 0.15) is 18.1 Å². The minimum absolute atomic E-state index is 0.794. The highest BCUT2D eigenvalue weighted by Gasteiger charge is 2.06. The van der Waals surface area contributed by atoms with Crippen LogP contribution in [0, 0.1) is 6.92 Å². The predicted molar refractivity (Wildman–Crippen MR) is 60.9 cm³/mol. The number of nitrogens with zero attached hydrogens (tertiary/aromatic N) is 1. The monoisotopic (exact) mass is 205 g/mol. The highest BCUT2D eigenvalue weighted by atomic mass is 35.5. The maximum absolute atomic E-state index is 6.15. The zero-order valence-corrected chi connectivity index (χ0v) is 9.10. The standard InChI is InChI=1S/C12H12ClN/c1-3-9-4-5-10(13)11-8(2)6-7-14-12(9)11/h4-7H,3H2,1-2H3. The lowest BCUT2D eigenvalue weighted by Crippen LogP contribution is -1.89. The van der Waals surface area contributed by atoms with E-state index in [2.05, 4.69) is 24.9 Å². The van der Waals surface area contributed by atoms with Crippen molar-refractivity contribution in [2.75, 3.05) is 0 Å². The van der Waals surface area contributed by atoms with E-state index in [0.717, 1.165) is 22.3 Å². The summed E-state index contributed by atoms with van der Waals surface area (Å²) in [5.74, 6) is 0. The van der Waals surface area contributed by atoms with Crippen molar-refractivity contribution >= 4 is 22.5 Å². The number of rotatable bonds is 1. The maximum atomic E-state index is 6.15. The molecule has 14 heavy (non-hydrogen) atoms. The quantitative estimate of drug-likeness (QED) is 0.691. The summed E-state index contributed by atoms with van der Waals surface area (Å²) in [7, 11) is 0. The van der Waals surface area contributed by atoms with E-state index in [0.29, 0.717) is 0 Å². The van der Waals surface area contributed by atoms with Crippen LogP contribution in [-0.4, -0.2) is 4.98 Å². The number of aryl methyl sites for hydroxylation is 2. The molecule has 2 aromatic rings. The van der Waals surface area contributed by atoms with Gasteiger partial charge in [-0.2, -0.15) is 0 Å². The number of aromatic nitrogens is 1. The molecule has 2 rings (SSSR count). The Kier molecular flexibility index (Phi) is 2.42. The van der Waals surface area contributed by atoms with Gasteiger partial charge in [-0.1, -0.05) is 24.6 Å². The van der Waals surface area contributed by atoms with Crippen LogP contribution in [0.2, 0.25) is 5.02 Å². The number of hydrogen-bond donors (Lipinski definition) is 0. The molecule has 0 radical (unpaired) electrons. The summed E-state index contributed by atoms with van der Waals surface area (Å²) in [6.07, 6.45) is 2.83. The van der Waals surface area contributed by atoms with Gasteiger partial charge in [-0.15, -0.1) is 0 Å². The maximum Gasteiger partial charge on any atom is 0.0751 e. The van der Waals surface area contributed by atoms with Crippen LogP contribution < -0.4 is 0 Å². The average molecular weight is 206 g/mol. The summed E-state index contributed by atoms with van der Waals surface area (Å²) >= 11 is 6.15. The van der Waals surface area contributed by atoms with E-state index in [4.69, 9.17) is 11.6 Å². The predicted octanol–water partition coefficient (Wildman–Crippen LogP) is 3.76. The van der Waals surface area contributed by atoms with Gasteiger partial charge in [0.05, 0.1) is 10.5 Å². The highest BCUT2D eigenvalue weighted by Crippen LogP contribution is 2.27. The van der Waals surface area contributed by atoms with Gasteiger partial charge >= 0.3 is 0 Å². The van der Waals surface area contributed by atoms with Crippen LogP contribution in [0.5, 0.6) is 0 Å². The van der Waals surface area contributed by atoms with Gasteiger partial charge < -0.3 is 0 Å². The molecule has 0 N–H and O–H groups in total. The van der Waals surface area contributed by atoms with E-state index in [9.17, 15) is 0 Å². The van der Waals surface area contributed by atoms with E-state index < -0.39 is 0 Å². The Morgan fingerprint density at radius 1 is 1.29 bits per heavy atom. The lowest BCUT2D eigenvalue weighted by Gasteiger charge is -2.07. The molecule has 0 atom stereocenters.